The Morgan fingerprint density at radius 3 is 2.50 bits per heavy atom. The van der Waals surface area contributed by atoms with Gasteiger partial charge >= 0.3 is 11.9 Å². The maximum atomic E-state index is 11.2. The Balaban J connectivity index is 2.02. The minimum Gasteiger partial charge on any atom is -0.487 e. The Hall–Kier alpha value is -3.54. The maximum absolute atomic E-state index is 11.2. The van der Waals surface area contributed by atoms with E-state index in [1.165, 1.54) is 6.08 Å². The number of fused-ring (bicyclic) bond motifs is 1. The predicted molar refractivity (Wildman–Crippen MR) is 97.0 cm³/mol. The van der Waals surface area contributed by atoms with Crippen LogP contribution < -0.4 is 4.74 Å². The molecule has 2 aromatic carbocycles. The smallest absolute Gasteiger partial charge is 0.328 e. The SMILES string of the molecule is O=C(O)/C=C/c1cn(CC(=O)O)c2c(OCc3ccccc3)cccc12. The van der Waals surface area contributed by atoms with E-state index in [2.05, 4.69) is 0 Å². The van der Waals surface area contributed by atoms with Crippen LogP contribution in [-0.4, -0.2) is 26.7 Å². The van der Waals surface area contributed by atoms with Crippen molar-refractivity contribution in [3.05, 3.63) is 71.9 Å². The first kappa shape index (κ1) is 17.3. The van der Waals surface area contributed by atoms with Crippen molar-refractivity contribution in [3.63, 3.8) is 0 Å². The molecule has 0 bridgehead atoms. The molecule has 0 unspecified atom stereocenters. The molecule has 6 heteroatoms. The number of hydrogen-bond acceptors (Lipinski definition) is 3. The maximum Gasteiger partial charge on any atom is 0.328 e. The molecule has 0 aliphatic heterocycles. The average molecular weight is 351 g/mol. The molecule has 0 aliphatic rings. The quantitative estimate of drug-likeness (QED) is 0.637. The largest absolute Gasteiger partial charge is 0.487 e. The van der Waals surface area contributed by atoms with E-state index in [-0.39, 0.29) is 6.54 Å². The molecule has 0 radical (unpaired) electrons. The molecule has 2 N–H and O–H groups in total. The van der Waals surface area contributed by atoms with Gasteiger partial charge in [-0.25, -0.2) is 4.79 Å². The summed E-state index contributed by atoms with van der Waals surface area (Å²) in [5.74, 6) is -1.52. The summed E-state index contributed by atoms with van der Waals surface area (Å²) < 4.78 is 7.47. The number of carboxylic acids is 2. The van der Waals surface area contributed by atoms with Crippen LogP contribution in [0.25, 0.3) is 17.0 Å². The number of hydrogen-bond donors (Lipinski definition) is 2. The van der Waals surface area contributed by atoms with Gasteiger partial charge in [0.25, 0.3) is 0 Å². The lowest BCUT2D eigenvalue weighted by molar-refractivity contribution is -0.137. The number of aliphatic carboxylic acids is 2. The fourth-order valence-corrected chi connectivity index (χ4v) is 2.77. The second kappa shape index (κ2) is 7.57. The predicted octanol–water partition coefficient (Wildman–Crippen LogP) is 3.40. The first-order valence-electron chi connectivity index (χ1n) is 7.96. The van der Waals surface area contributed by atoms with Crippen LogP contribution in [0.15, 0.2) is 60.8 Å². The van der Waals surface area contributed by atoms with E-state index in [1.54, 1.807) is 22.9 Å². The number of aromatic nitrogens is 1. The van der Waals surface area contributed by atoms with Gasteiger partial charge in [0.05, 0.1) is 5.52 Å². The van der Waals surface area contributed by atoms with Crippen LogP contribution in [0.5, 0.6) is 5.75 Å². The number of ether oxygens (including phenoxy) is 1. The molecule has 0 aliphatic carbocycles. The van der Waals surface area contributed by atoms with Crippen LogP contribution in [0.1, 0.15) is 11.1 Å². The molecular weight excluding hydrogens is 334 g/mol. The standard InChI is InChI=1S/C20H17NO5/c22-18(23)10-9-15-11-21(12-19(24)25)20-16(15)7-4-8-17(20)26-13-14-5-2-1-3-6-14/h1-11H,12-13H2,(H,22,23)(H,24,25)/b10-9+. The summed E-state index contributed by atoms with van der Waals surface area (Å²) in [6, 6.07) is 15.0. The van der Waals surface area contributed by atoms with Gasteiger partial charge in [-0.05, 0) is 17.7 Å². The molecular formula is C20H17NO5. The van der Waals surface area contributed by atoms with Crippen molar-refractivity contribution >= 4 is 28.9 Å². The fourth-order valence-electron chi connectivity index (χ4n) is 2.77. The molecule has 1 heterocycles. The molecule has 26 heavy (non-hydrogen) atoms. The van der Waals surface area contributed by atoms with Crippen LogP contribution in [0, 0.1) is 0 Å². The van der Waals surface area contributed by atoms with Gasteiger partial charge in [0, 0.05) is 23.2 Å². The zero-order valence-electron chi connectivity index (χ0n) is 13.8. The second-order valence-corrected chi connectivity index (χ2v) is 5.70. The van der Waals surface area contributed by atoms with Gasteiger partial charge in [0.2, 0.25) is 0 Å². The molecule has 0 spiro atoms. The van der Waals surface area contributed by atoms with Gasteiger partial charge in [-0.1, -0.05) is 42.5 Å². The lowest BCUT2D eigenvalue weighted by Gasteiger charge is -2.10. The van der Waals surface area contributed by atoms with Crippen molar-refractivity contribution in [3.8, 4) is 5.75 Å². The molecule has 0 atom stereocenters. The third-order valence-electron chi connectivity index (χ3n) is 3.84. The molecule has 0 fully saturated rings. The highest BCUT2D eigenvalue weighted by Gasteiger charge is 2.14. The summed E-state index contributed by atoms with van der Waals surface area (Å²) in [4.78, 5) is 22.0. The summed E-state index contributed by atoms with van der Waals surface area (Å²) in [6.45, 7) is 0.0988. The van der Waals surface area contributed by atoms with E-state index < -0.39 is 11.9 Å². The lowest BCUT2D eigenvalue weighted by atomic mass is 10.1. The molecule has 6 nitrogen and oxygen atoms in total. The van der Waals surface area contributed by atoms with Crippen molar-refractivity contribution in [2.75, 3.05) is 0 Å². The molecule has 0 saturated carbocycles. The topological polar surface area (TPSA) is 88.8 Å². The van der Waals surface area contributed by atoms with Crippen molar-refractivity contribution < 1.29 is 24.5 Å². The first-order valence-corrected chi connectivity index (χ1v) is 7.96. The van der Waals surface area contributed by atoms with Gasteiger partial charge in [-0.2, -0.15) is 0 Å². The van der Waals surface area contributed by atoms with E-state index in [0.29, 0.717) is 23.4 Å². The highest BCUT2D eigenvalue weighted by atomic mass is 16.5. The van der Waals surface area contributed by atoms with Crippen LogP contribution >= 0.6 is 0 Å². The van der Waals surface area contributed by atoms with E-state index >= 15 is 0 Å². The van der Waals surface area contributed by atoms with E-state index in [9.17, 15) is 14.7 Å². The Morgan fingerprint density at radius 2 is 1.81 bits per heavy atom. The van der Waals surface area contributed by atoms with Gasteiger partial charge in [-0.15, -0.1) is 0 Å². The van der Waals surface area contributed by atoms with E-state index in [0.717, 1.165) is 17.0 Å². The third kappa shape index (κ3) is 3.92. The number of para-hydroxylation sites is 1. The van der Waals surface area contributed by atoms with Gasteiger partial charge in [0.15, 0.2) is 0 Å². The third-order valence-corrected chi connectivity index (χ3v) is 3.84. The van der Waals surface area contributed by atoms with Crippen molar-refractivity contribution in [2.24, 2.45) is 0 Å². The molecule has 132 valence electrons. The Labute approximate surface area is 149 Å². The van der Waals surface area contributed by atoms with Crippen LogP contribution in [-0.2, 0) is 22.7 Å². The number of benzene rings is 2. The summed E-state index contributed by atoms with van der Waals surface area (Å²) in [5.41, 5.74) is 2.23. The number of nitrogens with zero attached hydrogens (tertiary/aromatic N) is 1. The Kier molecular flexibility index (Phi) is 5.03. The highest BCUT2D eigenvalue weighted by Crippen LogP contribution is 2.31. The average Bonchev–Trinajstić information content (AvgIpc) is 2.97. The lowest BCUT2D eigenvalue weighted by Crippen LogP contribution is -2.08. The van der Waals surface area contributed by atoms with Crippen molar-refractivity contribution in [1.29, 1.82) is 0 Å². The normalized spacial score (nSPS) is 11.1. The summed E-state index contributed by atoms with van der Waals surface area (Å²) >= 11 is 0. The minimum absolute atomic E-state index is 0.247. The number of carbonyl (C=O) groups is 2. The number of rotatable bonds is 7. The molecule has 0 saturated heterocycles. The Bertz CT molecular complexity index is 973. The summed E-state index contributed by atoms with van der Waals surface area (Å²) in [7, 11) is 0. The fraction of sp³-hybridized carbons (Fsp3) is 0.100. The van der Waals surface area contributed by atoms with Crippen LogP contribution in [0.2, 0.25) is 0 Å². The van der Waals surface area contributed by atoms with Crippen molar-refractivity contribution in [1.82, 2.24) is 4.57 Å². The molecule has 3 aromatic rings. The van der Waals surface area contributed by atoms with Crippen LogP contribution in [0.4, 0.5) is 0 Å². The first-order chi connectivity index (χ1) is 12.5. The monoisotopic (exact) mass is 351 g/mol. The summed E-state index contributed by atoms with van der Waals surface area (Å²) in [5, 5.41) is 18.8. The Morgan fingerprint density at radius 1 is 1.04 bits per heavy atom. The zero-order valence-corrected chi connectivity index (χ0v) is 13.8. The second-order valence-electron chi connectivity index (χ2n) is 5.70. The van der Waals surface area contributed by atoms with Crippen LogP contribution in [0.3, 0.4) is 0 Å². The molecule has 3 rings (SSSR count). The van der Waals surface area contributed by atoms with Gasteiger partial charge < -0.3 is 19.5 Å². The highest BCUT2D eigenvalue weighted by molar-refractivity contribution is 5.96. The molecule has 0 amide bonds. The zero-order chi connectivity index (χ0) is 18.5. The van der Waals surface area contributed by atoms with Gasteiger partial charge in [-0.3, -0.25) is 4.79 Å². The van der Waals surface area contributed by atoms with Gasteiger partial charge in [0.1, 0.15) is 18.9 Å². The van der Waals surface area contributed by atoms with E-state index in [1.807, 2.05) is 36.4 Å². The minimum atomic E-state index is -1.07. The van der Waals surface area contributed by atoms with E-state index in [4.69, 9.17) is 9.84 Å². The summed E-state index contributed by atoms with van der Waals surface area (Å²) in [6.07, 6.45) is 4.09. The number of carboxylic acid groups (broad SMARTS) is 2. The van der Waals surface area contributed by atoms with Crippen molar-refractivity contribution in [2.45, 2.75) is 13.2 Å². The molecule has 1 aromatic heterocycles.